The van der Waals surface area contributed by atoms with Crippen molar-refractivity contribution in [1.82, 2.24) is 5.32 Å². The molecule has 5 heteroatoms. The largest absolute Gasteiger partial charge is 0.286 e. The lowest BCUT2D eigenvalue weighted by molar-refractivity contribution is -0.123. The molecule has 0 radical (unpaired) electrons. The van der Waals surface area contributed by atoms with E-state index in [1.165, 1.54) is 17.7 Å². The van der Waals surface area contributed by atoms with E-state index in [0.29, 0.717) is 0 Å². The highest BCUT2D eigenvalue weighted by Crippen LogP contribution is 2.60. The summed E-state index contributed by atoms with van der Waals surface area (Å²) in [4.78, 5) is 24.2. The maximum atomic E-state index is 13.7. The Morgan fingerprint density at radius 3 is 2.90 bits per heavy atom. The van der Waals surface area contributed by atoms with E-state index in [2.05, 4.69) is 11.4 Å². The van der Waals surface area contributed by atoms with Gasteiger partial charge in [0.2, 0.25) is 5.91 Å². The van der Waals surface area contributed by atoms with E-state index in [0.717, 1.165) is 30.2 Å². The lowest BCUT2D eigenvalue weighted by Crippen LogP contribution is -2.46. The molecule has 4 rings (SSSR count). The van der Waals surface area contributed by atoms with Gasteiger partial charge in [0.05, 0.1) is 0 Å². The van der Waals surface area contributed by atoms with Crippen LogP contribution in [-0.4, -0.2) is 15.9 Å². The van der Waals surface area contributed by atoms with Gasteiger partial charge in [0.25, 0.3) is 5.24 Å². The van der Waals surface area contributed by atoms with E-state index in [1.807, 2.05) is 6.08 Å². The minimum atomic E-state index is -0.894. The van der Waals surface area contributed by atoms with Crippen LogP contribution in [0.1, 0.15) is 12.8 Å². The second kappa shape index (κ2) is 3.95. The maximum Gasteiger partial charge on any atom is 0.286 e. The zero-order valence-corrected chi connectivity index (χ0v) is 11.4. The molecule has 3 atom stereocenters. The molecule has 0 saturated carbocycles. The number of halogens is 1. The Morgan fingerprint density at radius 2 is 2.15 bits per heavy atom. The number of allylic oxidation sites excluding steroid dienone is 8. The molecule has 102 valence electrons. The molecule has 3 unspecified atom stereocenters. The first-order chi connectivity index (χ1) is 9.63. The molecule has 0 bridgehead atoms. The molecule has 1 heterocycles. The van der Waals surface area contributed by atoms with Crippen molar-refractivity contribution in [3.8, 4) is 0 Å². The Bertz CT molecular complexity index is 661. The molecule has 1 aliphatic heterocycles. The number of carbonyl (C=O) groups excluding carboxylic acids is 2. The van der Waals surface area contributed by atoms with E-state index >= 15 is 0 Å². The Hall–Kier alpha value is -1.62. The number of imide groups is 1. The minimum absolute atomic E-state index is 0.0178. The topological polar surface area (TPSA) is 46.2 Å². The maximum absolute atomic E-state index is 13.7. The lowest BCUT2D eigenvalue weighted by atomic mass is 9.79. The summed E-state index contributed by atoms with van der Waals surface area (Å²) in [5, 5.41) is 2.06. The average molecular weight is 289 g/mol. The first-order valence-electron chi connectivity index (χ1n) is 6.60. The van der Waals surface area contributed by atoms with Crippen LogP contribution in [0, 0.1) is 11.8 Å². The number of amides is 2. The van der Waals surface area contributed by atoms with Crippen LogP contribution in [0.25, 0.3) is 0 Å². The van der Waals surface area contributed by atoms with Crippen molar-refractivity contribution in [2.24, 2.45) is 11.8 Å². The fourth-order valence-electron chi connectivity index (χ4n) is 3.79. The molecule has 3 aliphatic carbocycles. The molecule has 1 N–H and O–H groups in total. The first kappa shape index (κ1) is 12.1. The van der Waals surface area contributed by atoms with Crippen LogP contribution in [0.5, 0.6) is 0 Å². The van der Waals surface area contributed by atoms with Gasteiger partial charge in [0.15, 0.2) is 0 Å². The summed E-state index contributed by atoms with van der Waals surface area (Å²) in [6.45, 7) is 0. The van der Waals surface area contributed by atoms with E-state index in [1.54, 1.807) is 6.08 Å². The summed E-state index contributed by atoms with van der Waals surface area (Å²) >= 11 is 1.04. The van der Waals surface area contributed by atoms with Crippen LogP contribution >= 0.6 is 11.8 Å². The highest BCUT2D eigenvalue weighted by atomic mass is 32.2. The third kappa shape index (κ3) is 1.36. The van der Waals surface area contributed by atoms with Gasteiger partial charge in [-0.2, -0.15) is 0 Å². The zero-order chi connectivity index (χ0) is 13.9. The van der Waals surface area contributed by atoms with Gasteiger partial charge >= 0.3 is 0 Å². The van der Waals surface area contributed by atoms with E-state index in [4.69, 9.17) is 0 Å². The van der Waals surface area contributed by atoms with Gasteiger partial charge < -0.3 is 0 Å². The predicted molar refractivity (Wildman–Crippen MR) is 74.6 cm³/mol. The fraction of sp³-hybridized carbons (Fsp3) is 0.333. The summed E-state index contributed by atoms with van der Waals surface area (Å²) in [6, 6.07) is 0. The average Bonchev–Trinajstić information content (AvgIpc) is 2.88. The van der Waals surface area contributed by atoms with Crippen LogP contribution < -0.4 is 5.32 Å². The molecule has 1 saturated heterocycles. The van der Waals surface area contributed by atoms with Crippen molar-refractivity contribution in [2.45, 2.75) is 17.6 Å². The van der Waals surface area contributed by atoms with Crippen LogP contribution in [0.2, 0.25) is 0 Å². The minimum Gasteiger partial charge on any atom is -0.286 e. The molecule has 0 aromatic rings. The summed E-state index contributed by atoms with van der Waals surface area (Å²) in [5.41, 5.74) is 2.19. The third-order valence-corrected chi connectivity index (χ3v) is 5.91. The smallest absolute Gasteiger partial charge is 0.286 e. The molecule has 3 nitrogen and oxygen atoms in total. The number of carbonyl (C=O) groups is 2. The van der Waals surface area contributed by atoms with Crippen molar-refractivity contribution in [2.75, 3.05) is 0 Å². The molecular formula is C15H12FNO2S. The Morgan fingerprint density at radius 1 is 1.30 bits per heavy atom. The summed E-state index contributed by atoms with van der Waals surface area (Å²) in [6.07, 6.45) is 10.3. The van der Waals surface area contributed by atoms with E-state index in [9.17, 15) is 14.0 Å². The van der Waals surface area contributed by atoms with Crippen LogP contribution in [0.3, 0.4) is 0 Å². The molecule has 4 aliphatic rings. The number of hydrogen-bond acceptors (Lipinski definition) is 3. The molecule has 2 amide bonds. The summed E-state index contributed by atoms with van der Waals surface area (Å²) < 4.78 is 12.8. The summed E-state index contributed by atoms with van der Waals surface area (Å²) in [5.74, 6) is -0.970. The van der Waals surface area contributed by atoms with Gasteiger partial charge in [-0.15, -0.1) is 0 Å². The van der Waals surface area contributed by atoms with Gasteiger partial charge in [0, 0.05) is 11.8 Å². The zero-order valence-electron chi connectivity index (χ0n) is 10.6. The molecule has 20 heavy (non-hydrogen) atoms. The van der Waals surface area contributed by atoms with Gasteiger partial charge in [-0.3, -0.25) is 14.9 Å². The van der Waals surface area contributed by atoms with Gasteiger partial charge in [0.1, 0.15) is 10.6 Å². The molecular weight excluding hydrogens is 277 g/mol. The van der Waals surface area contributed by atoms with Gasteiger partial charge in [-0.25, -0.2) is 4.39 Å². The summed E-state index contributed by atoms with van der Waals surface area (Å²) in [7, 11) is 0. The van der Waals surface area contributed by atoms with E-state index in [-0.39, 0.29) is 28.8 Å². The standard InChI is InChI=1S/C15H12FNO2S/c16-8-5-6-10-9-3-1-2-4-11(9)15(12(10)7-8)13(18)17-14(19)20-15/h1-2,5-7,11-12H,3-4H2,(H,17,18,19). The fourth-order valence-corrected chi connectivity index (χ4v) is 5.08. The second-order valence-electron chi connectivity index (χ2n) is 5.44. The van der Waals surface area contributed by atoms with Crippen molar-refractivity contribution < 1.29 is 14.0 Å². The lowest BCUT2D eigenvalue weighted by Gasteiger charge is -2.33. The number of hydrogen-bond donors (Lipinski definition) is 1. The SMILES string of the molecule is O=C1NC(=O)C2(S1)C1C=C(F)C=CC1=C1CC=CCC12. The van der Waals surface area contributed by atoms with Crippen molar-refractivity contribution >= 4 is 22.9 Å². The number of fused-ring (bicyclic) bond motifs is 4. The van der Waals surface area contributed by atoms with Gasteiger partial charge in [-0.1, -0.05) is 23.8 Å². The Kier molecular flexibility index (Phi) is 2.40. The highest BCUT2D eigenvalue weighted by Gasteiger charge is 2.63. The molecule has 1 spiro atoms. The Labute approximate surface area is 119 Å². The molecule has 0 aromatic heterocycles. The Balaban J connectivity index is 1.92. The van der Waals surface area contributed by atoms with Gasteiger partial charge in [-0.05, 0) is 42.3 Å². The second-order valence-corrected chi connectivity index (χ2v) is 6.69. The molecule has 0 aromatic carbocycles. The van der Waals surface area contributed by atoms with Crippen LogP contribution in [0.15, 0.2) is 47.4 Å². The number of nitrogens with one attached hydrogen (secondary N) is 1. The van der Waals surface area contributed by atoms with E-state index < -0.39 is 4.75 Å². The third-order valence-electron chi connectivity index (χ3n) is 4.56. The quantitative estimate of drug-likeness (QED) is 0.697. The highest BCUT2D eigenvalue weighted by molar-refractivity contribution is 8.16. The molecule has 1 fully saturated rings. The number of thioether (sulfide) groups is 1. The predicted octanol–water partition coefficient (Wildman–Crippen LogP) is 3.02. The van der Waals surface area contributed by atoms with Crippen molar-refractivity contribution in [1.29, 1.82) is 0 Å². The number of rotatable bonds is 0. The van der Waals surface area contributed by atoms with Crippen molar-refractivity contribution in [3.63, 3.8) is 0 Å². The van der Waals surface area contributed by atoms with Crippen LogP contribution in [0.4, 0.5) is 9.18 Å². The monoisotopic (exact) mass is 289 g/mol. The first-order valence-corrected chi connectivity index (χ1v) is 7.42. The van der Waals surface area contributed by atoms with Crippen molar-refractivity contribution in [3.05, 3.63) is 47.4 Å². The van der Waals surface area contributed by atoms with Crippen LogP contribution in [-0.2, 0) is 4.79 Å². The normalized spacial score (nSPS) is 38.1.